The number of aliphatic carboxylic acids is 1. The molecule has 3 N–H and O–H groups in total. The number of carbonyl (C=O) groups is 2. The van der Waals surface area contributed by atoms with Crippen molar-refractivity contribution in [2.75, 3.05) is 6.61 Å². The predicted octanol–water partition coefficient (Wildman–Crippen LogP) is 1.33. The maximum absolute atomic E-state index is 11.8. The first-order valence-electron chi connectivity index (χ1n) is 7.07. The fourth-order valence-electron chi connectivity index (χ4n) is 1.81. The molecule has 2 rings (SSSR count). The lowest BCUT2D eigenvalue weighted by Gasteiger charge is -2.08. The van der Waals surface area contributed by atoms with E-state index in [4.69, 9.17) is 9.84 Å². The van der Waals surface area contributed by atoms with Gasteiger partial charge in [0.05, 0.1) is 6.21 Å². The van der Waals surface area contributed by atoms with Crippen LogP contribution in [0.5, 0.6) is 5.75 Å². The Kier molecular flexibility index (Phi) is 6.04. The third-order valence-electron chi connectivity index (χ3n) is 2.99. The molecule has 0 spiro atoms. The summed E-state index contributed by atoms with van der Waals surface area (Å²) < 4.78 is 5.00. The number of nitrogens with one attached hydrogen (secondary N) is 1. The normalized spacial score (nSPS) is 11.9. The van der Waals surface area contributed by atoms with Gasteiger partial charge in [-0.05, 0) is 35.4 Å². The number of aliphatic hydroxyl groups excluding tert-OH is 1. The highest BCUT2D eigenvalue weighted by Crippen LogP contribution is 2.12. The largest absolute Gasteiger partial charge is 0.482 e. The van der Waals surface area contributed by atoms with Gasteiger partial charge in [-0.3, -0.25) is 4.79 Å². The lowest BCUT2D eigenvalue weighted by atomic mass is 10.1. The molecule has 0 heterocycles. The summed E-state index contributed by atoms with van der Waals surface area (Å²) >= 11 is 0. The Morgan fingerprint density at radius 2 is 1.79 bits per heavy atom. The van der Waals surface area contributed by atoms with Crippen molar-refractivity contribution < 1.29 is 24.5 Å². The van der Waals surface area contributed by atoms with Crippen molar-refractivity contribution in [3.05, 3.63) is 65.7 Å². The zero-order chi connectivity index (χ0) is 17.4. The summed E-state index contributed by atoms with van der Waals surface area (Å²) in [6, 6.07) is 15.0. The van der Waals surface area contributed by atoms with E-state index in [1.165, 1.54) is 6.21 Å². The molecule has 24 heavy (non-hydrogen) atoms. The van der Waals surface area contributed by atoms with E-state index >= 15 is 0 Å². The van der Waals surface area contributed by atoms with Crippen LogP contribution in [0.15, 0.2) is 59.7 Å². The van der Waals surface area contributed by atoms with Crippen molar-refractivity contribution in [2.45, 2.75) is 6.10 Å². The zero-order valence-electron chi connectivity index (χ0n) is 12.6. The first-order valence-corrected chi connectivity index (χ1v) is 7.07. The minimum absolute atomic E-state index is 0.415. The second-order valence-electron chi connectivity index (χ2n) is 4.80. The molecule has 0 saturated heterocycles. The van der Waals surface area contributed by atoms with E-state index in [0.29, 0.717) is 16.9 Å². The molecule has 0 fully saturated rings. The molecule has 2 aromatic rings. The minimum Gasteiger partial charge on any atom is -0.482 e. The Morgan fingerprint density at radius 3 is 2.42 bits per heavy atom. The lowest BCUT2D eigenvalue weighted by Crippen LogP contribution is -2.25. The van der Waals surface area contributed by atoms with Crippen molar-refractivity contribution in [1.29, 1.82) is 0 Å². The first kappa shape index (κ1) is 17.2. The molecular formula is C17H16N2O5. The van der Waals surface area contributed by atoms with Crippen LogP contribution in [0.1, 0.15) is 17.2 Å². The Bertz CT molecular complexity index is 714. The summed E-state index contributed by atoms with van der Waals surface area (Å²) in [5, 5.41) is 22.2. The van der Waals surface area contributed by atoms with Crippen LogP contribution in [0, 0.1) is 0 Å². The van der Waals surface area contributed by atoms with Gasteiger partial charge in [0, 0.05) is 0 Å². The second kappa shape index (κ2) is 8.44. The molecule has 0 aliphatic rings. The molecule has 7 nitrogen and oxygen atoms in total. The average Bonchev–Trinajstić information content (AvgIpc) is 2.61. The topological polar surface area (TPSA) is 108 Å². The van der Waals surface area contributed by atoms with Crippen LogP contribution in [-0.4, -0.2) is 34.9 Å². The number of carboxylic acid groups (broad SMARTS) is 1. The van der Waals surface area contributed by atoms with Gasteiger partial charge in [0.1, 0.15) is 5.75 Å². The summed E-state index contributed by atoms with van der Waals surface area (Å²) in [5.74, 6) is -1.28. The summed E-state index contributed by atoms with van der Waals surface area (Å²) in [7, 11) is 0. The summed E-state index contributed by atoms with van der Waals surface area (Å²) in [5.41, 5.74) is 3.41. The number of carbonyl (C=O) groups excluding carboxylic acids is 1. The molecule has 1 amide bonds. The quantitative estimate of drug-likeness (QED) is 0.525. The zero-order valence-corrected chi connectivity index (χ0v) is 12.6. The summed E-state index contributed by atoms with van der Waals surface area (Å²) in [6.45, 7) is -0.416. The Balaban J connectivity index is 1.87. The van der Waals surface area contributed by atoms with Crippen LogP contribution in [0.3, 0.4) is 0 Å². The van der Waals surface area contributed by atoms with Crippen LogP contribution in [0.25, 0.3) is 0 Å². The van der Waals surface area contributed by atoms with Crippen LogP contribution in [-0.2, 0) is 9.59 Å². The van der Waals surface area contributed by atoms with Crippen molar-refractivity contribution in [1.82, 2.24) is 5.43 Å². The number of amides is 1. The molecule has 2 aromatic carbocycles. The van der Waals surface area contributed by atoms with E-state index in [1.807, 2.05) is 0 Å². The van der Waals surface area contributed by atoms with Gasteiger partial charge >= 0.3 is 5.97 Å². The van der Waals surface area contributed by atoms with E-state index in [0.717, 1.165) is 0 Å². The summed E-state index contributed by atoms with van der Waals surface area (Å²) in [6.07, 6.45) is 0.103. The van der Waals surface area contributed by atoms with Gasteiger partial charge in [-0.15, -0.1) is 0 Å². The van der Waals surface area contributed by atoms with Crippen LogP contribution in [0.4, 0.5) is 0 Å². The number of aliphatic hydroxyl groups is 1. The number of rotatable bonds is 7. The molecule has 0 bridgehead atoms. The fourth-order valence-corrected chi connectivity index (χ4v) is 1.81. The highest BCUT2D eigenvalue weighted by Gasteiger charge is 2.15. The Labute approximate surface area is 138 Å². The number of benzene rings is 2. The fraction of sp³-hybridized carbons (Fsp3) is 0.118. The number of ether oxygens (including phenoxy) is 1. The Hall–Kier alpha value is -3.19. The van der Waals surface area contributed by atoms with E-state index < -0.39 is 24.6 Å². The molecule has 0 aromatic heterocycles. The van der Waals surface area contributed by atoms with Crippen LogP contribution >= 0.6 is 0 Å². The monoisotopic (exact) mass is 328 g/mol. The predicted molar refractivity (Wildman–Crippen MR) is 86.7 cm³/mol. The number of hydrogen-bond donors (Lipinski definition) is 3. The van der Waals surface area contributed by atoms with E-state index in [1.54, 1.807) is 54.6 Å². The smallest absolute Gasteiger partial charge is 0.341 e. The molecule has 124 valence electrons. The van der Waals surface area contributed by atoms with E-state index in [-0.39, 0.29) is 0 Å². The summed E-state index contributed by atoms with van der Waals surface area (Å²) in [4.78, 5) is 22.2. The van der Waals surface area contributed by atoms with Gasteiger partial charge in [0.2, 0.25) is 0 Å². The van der Waals surface area contributed by atoms with Crippen molar-refractivity contribution in [3.63, 3.8) is 0 Å². The number of hydrazone groups is 1. The average molecular weight is 328 g/mol. The molecule has 7 heteroatoms. The van der Waals surface area contributed by atoms with Gasteiger partial charge < -0.3 is 14.9 Å². The number of carboxylic acids is 1. The van der Waals surface area contributed by atoms with Gasteiger partial charge in [-0.25, -0.2) is 10.2 Å². The number of nitrogens with zero attached hydrogens (tertiary/aromatic N) is 1. The molecule has 1 atom stereocenters. The van der Waals surface area contributed by atoms with Crippen LogP contribution in [0.2, 0.25) is 0 Å². The number of hydrogen-bond acceptors (Lipinski definition) is 5. The maximum Gasteiger partial charge on any atom is 0.341 e. The standard InChI is InChI=1S/C17H16N2O5/c20-15(21)11-24-14-8-6-12(7-9-14)10-18-19-17(23)16(22)13-4-2-1-3-5-13/h1-10,16,22H,11H2,(H,19,23)(H,20,21)/b18-10+. The minimum atomic E-state index is -1.30. The molecule has 0 aliphatic heterocycles. The molecule has 0 aliphatic carbocycles. The highest BCUT2D eigenvalue weighted by molar-refractivity contribution is 5.85. The van der Waals surface area contributed by atoms with Crippen molar-refractivity contribution in [2.24, 2.45) is 5.10 Å². The third kappa shape index (κ3) is 5.22. The van der Waals surface area contributed by atoms with Gasteiger partial charge in [-0.2, -0.15) is 5.10 Å². The van der Waals surface area contributed by atoms with Crippen LogP contribution < -0.4 is 10.2 Å². The lowest BCUT2D eigenvalue weighted by molar-refractivity contribution is -0.139. The van der Waals surface area contributed by atoms with Crippen molar-refractivity contribution in [3.8, 4) is 5.75 Å². The third-order valence-corrected chi connectivity index (χ3v) is 2.99. The van der Waals surface area contributed by atoms with Crippen molar-refractivity contribution >= 4 is 18.1 Å². The highest BCUT2D eigenvalue weighted by atomic mass is 16.5. The molecule has 0 saturated carbocycles. The SMILES string of the molecule is O=C(O)COc1ccc(/C=N/NC(=O)C(O)c2ccccc2)cc1. The second-order valence-corrected chi connectivity index (χ2v) is 4.80. The molecule has 1 unspecified atom stereocenters. The van der Waals surface area contributed by atoms with E-state index in [2.05, 4.69) is 10.5 Å². The van der Waals surface area contributed by atoms with Gasteiger partial charge in [0.25, 0.3) is 5.91 Å². The maximum atomic E-state index is 11.8. The Morgan fingerprint density at radius 1 is 1.12 bits per heavy atom. The molecular weight excluding hydrogens is 312 g/mol. The molecule has 0 radical (unpaired) electrons. The first-order chi connectivity index (χ1) is 11.6. The van der Waals surface area contributed by atoms with Gasteiger partial charge in [-0.1, -0.05) is 30.3 Å². The van der Waals surface area contributed by atoms with Gasteiger partial charge in [0.15, 0.2) is 12.7 Å². The van der Waals surface area contributed by atoms with E-state index in [9.17, 15) is 14.7 Å².